The molecule has 3 aromatic heterocycles. The lowest BCUT2D eigenvalue weighted by Gasteiger charge is -2.11. The molecular formula is C20H24N6O. The lowest BCUT2D eigenvalue weighted by molar-refractivity contribution is 0.197. The summed E-state index contributed by atoms with van der Waals surface area (Å²) < 4.78 is 8.10. The third kappa shape index (κ3) is 3.67. The zero-order valence-electron chi connectivity index (χ0n) is 15.3. The Morgan fingerprint density at radius 3 is 3.15 bits per heavy atom. The summed E-state index contributed by atoms with van der Waals surface area (Å²) >= 11 is 0. The van der Waals surface area contributed by atoms with Gasteiger partial charge in [0.15, 0.2) is 5.82 Å². The number of aromatic amines is 1. The first-order valence-corrected chi connectivity index (χ1v) is 9.79. The second-order valence-electron chi connectivity index (χ2n) is 7.49. The standard InChI is InChI=1S/C20H24N6O/c1-2-9-26-10-7-20(25-26)27-17-5-4-14(11-17)18-13-19(24-23-18)22-16-6-8-21-15(3-1)12-16/h6-8,10,12-14,17H,1-5,9,11H2,(H2,22,23,24)/t14-,17+/m0/s1. The summed E-state index contributed by atoms with van der Waals surface area (Å²) in [6, 6.07) is 8.19. The molecule has 1 aliphatic heterocycles. The van der Waals surface area contributed by atoms with Crippen molar-refractivity contribution in [3.63, 3.8) is 0 Å². The van der Waals surface area contributed by atoms with Crippen LogP contribution in [0.15, 0.2) is 36.7 Å². The number of aromatic nitrogens is 5. The smallest absolute Gasteiger partial charge is 0.232 e. The molecular weight excluding hydrogens is 340 g/mol. The van der Waals surface area contributed by atoms with Gasteiger partial charge in [0, 0.05) is 54.1 Å². The maximum Gasteiger partial charge on any atom is 0.232 e. The van der Waals surface area contributed by atoms with Crippen molar-refractivity contribution in [3.05, 3.63) is 48.0 Å². The van der Waals surface area contributed by atoms with Crippen molar-refractivity contribution in [2.45, 2.75) is 57.1 Å². The Labute approximate surface area is 158 Å². The van der Waals surface area contributed by atoms with E-state index < -0.39 is 0 Å². The molecule has 1 aliphatic carbocycles. The molecule has 1 saturated carbocycles. The number of rotatable bonds is 0. The van der Waals surface area contributed by atoms with Gasteiger partial charge in [0.1, 0.15) is 6.10 Å². The van der Waals surface area contributed by atoms with Gasteiger partial charge >= 0.3 is 0 Å². The first-order valence-electron chi connectivity index (χ1n) is 9.79. The highest BCUT2D eigenvalue weighted by molar-refractivity contribution is 5.56. The van der Waals surface area contributed by atoms with E-state index in [2.05, 4.69) is 37.7 Å². The number of aryl methyl sites for hydroxylation is 2. The van der Waals surface area contributed by atoms with Crippen molar-refractivity contribution >= 4 is 11.5 Å². The minimum atomic E-state index is 0.222. The SMILES string of the molecule is c1cc2cc(n1)CCCCn1ccc(n1)O[C@@H]1CC[C@@H](C1)c1cc(n[nH]1)N2. The minimum Gasteiger partial charge on any atom is -0.473 e. The van der Waals surface area contributed by atoms with Gasteiger partial charge in [-0.3, -0.25) is 14.8 Å². The molecule has 0 unspecified atom stereocenters. The fourth-order valence-corrected chi connectivity index (χ4v) is 4.06. The Morgan fingerprint density at radius 2 is 2.15 bits per heavy atom. The summed E-state index contributed by atoms with van der Waals surface area (Å²) in [7, 11) is 0. The predicted octanol–water partition coefficient (Wildman–Crippen LogP) is 3.80. The third-order valence-corrected chi connectivity index (χ3v) is 5.48. The van der Waals surface area contributed by atoms with Gasteiger partial charge in [0.25, 0.3) is 0 Å². The van der Waals surface area contributed by atoms with E-state index in [-0.39, 0.29) is 6.10 Å². The van der Waals surface area contributed by atoms with Crippen LogP contribution in [-0.2, 0) is 13.0 Å². The van der Waals surface area contributed by atoms with Crippen LogP contribution in [0.3, 0.4) is 0 Å². The largest absolute Gasteiger partial charge is 0.473 e. The molecule has 0 amide bonds. The lowest BCUT2D eigenvalue weighted by Crippen LogP contribution is -2.12. The van der Waals surface area contributed by atoms with E-state index >= 15 is 0 Å². The van der Waals surface area contributed by atoms with Gasteiger partial charge in [-0.05, 0) is 50.7 Å². The Bertz CT molecular complexity index is 917. The molecule has 7 heteroatoms. The molecule has 0 radical (unpaired) electrons. The molecule has 0 aromatic carbocycles. The van der Waals surface area contributed by atoms with Crippen molar-refractivity contribution < 1.29 is 4.74 Å². The number of hydrogen-bond donors (Lipinski definition) is 2. The van der Waals surface area contributed by atoms with Gasteiger partial charge in [0.05, 0.1) is 0 Å². The number of hydrogen-bond acceptors (Lipinski definition) is 5. The summed E-state index contributed by atoms with van der Waals surface area (Å²) in [5, 5.41) is 15.6. The van der Waals surface area contributed by atoms with Crippen molar-refractivity contribution in [2.75, 3.05) is 5.32 Å². The van der Waals surface area contributed by atoms with Crippen LogP contribution in [0.4, 0.5) is 11.5 Å². The van der Waals surface area contributed by atoms with Crippen molar-refractivity contribution in [3.8, 4) is 5.88 Å². The fraction of sp³-hybridized carbons (Fsp3) is 0.450. The van der Waals surface area contributed by atoms with E-state index in [0.717, 1.165) is 68.1 Å². The highest BCUT2D eigenvalue weighted by Crippen LogP contribution is 2.36. The van der Waals surface area contributed by atoms with Crippen LogP contribution in [0, 0.1) is 0 Å². The summed E-state index contributed by atoms with van der Waals surface area (Å²) in [5.41, 5.74) is 3.30. The Kier molecular flexibility index (Phi) is 4.27. The van der Waals surface area contributed by atoms with Gasteiger partial charge in [-0.25, -0.2) is 0 Å². The van der Waals surface area contributed by atoms with E-state index in [1.165, 1.54) is 5.69 Å². The number of anilines is 2. The van der Waals surface area contributed by atoms with Gasteiger partial charge in [-0.2, -0.15) is 5.10 Å². The zero-order valence-corrected chi connectivity index (χ0v) is 15.3. The Hall–Kier alpha value is -2.83. The zero-order chi connectivity index (χ0) is 18.1. The second kappa shape index (κ2) is 7.06. The van der Waals surface area contributed by atoms with E-state index in [0.29, 0.717) is 5.92 Å². The van der Waals surface area contributed by atoms with Gasteiger partial charge in [0.2, 0.25) is 5.88 Å². The molecule has 140 valence electrons. The first-order chi connectivity index (χ1) is 13.3. The van der Waals surface area contributed by atoms with Crippen LogP contribution in [0.5, 0.6) is 5.88 Å². The van der Waals surface area contributed by atoms with Crippen LogP contribution < -0.4 is 10.1 Å². The van der Waals surface area contributed by atoms with Crippen LogP contribution in [0.2, 0.25) is 0 Å². The van der Waals surface area contributed by atoms with Gasteiger partial charge < -0.3 is 10.1 Å². The third-order valence-electron chi connectivity index (χ3n) is 5.48. The molecule has 27 heavy (non-hydrogen) atoms. The Morgan fingerprint density at radius 1 is 1.15 bits per heavy atom. The van der Waals surface area contributed by atoms with Crippen LogP contribution in [0.25, 0.3) is 0 Å². The number of nitrogens with one attached hydrogen (secondary N) is 2. The average molecular weight is 364 g/mol. The monoisotopic (exact) mass is 364 g/mol. The van der Waals surface area contributed by atoms with Gasteiger partial charge in [-0.1, -0.05) is 0 Å². The van der Waals surface area contributed by atoms with Crippen molar-refractivity contribution in [1.29, 1.82) is 0 Å². The second-order valence-corrected chi connectivity index (χ2v) is 7.49. The van der Waals surface area contributed by atoms with Crippen molar-refractivity contribution in [2.24, 2.45) is 0 Å². The summed E-state index contributed by atoms with van der Waals surface area (Å²) in [6.45, 7) is 0.905. The summed E-state index contributed by atoms with van der Waals surface area (Å²) in [6.07, 6.45) is 10.3. The predicted molar refractivity (Wildman–Crippen MR) is 102 cm³/mol. The number of H-pyrrole nitrogens is 1. The number of pyridine rings is 1. The fourth-order valence-electron chi connectivity index (χ4n) is 4.06. The van der Waals surface area contributed by atoms with Crippen molar-refractivity contribution in [1.82, 2.24) is 25.0 Å². The maximum atomic E-state index is 6.12. The molecule has 0 spiro atoms. The molecule has 4 heterocycles. The number of nitrogens with zero attached hydrogens (tertiary/aromatic N) is 4. The average Bonchev–Trinajstić information content (AvgIpc) is 3.40. The molecule has 2 N–H and O–H groups in total. The minimum absolute atomic E-state index is 0.222. The Balaban J connectivity index is 1.41. The topological polar surface area (TPSA) is 80.7 Å². The van der Waals surface area contributed by atoms with Gasteiger partial charge in [-0.15, -0.1) is 5.10 Å². The van der Waals surface area contributed by atoms with E-state index in [9.17, 15) is 0 Å². The summed E-state index contributed by atoms with van der Waals surface area (Å²) in [4.78, 5) is 4.49. The lowest BCUT2D eigenvalue weighted by atomic mass is 10.0. The molecule has 5 rings (SSSR count). The highest BCUT2D eigenvalue weighted by Gasteiger charge is 2.29. The molecule has 7 nitrogen and oxygen atoms in total. The normalized spacial score (nSPS) is 22.4. The maximum absolute atomic E-state index is 6.12. The van der Waals surface area contributed by atoms with E-state index in [1.54, 1.807) is 0 Å². The molecule has 2 aliphatic rings. The molecule has 1 fully saturated rings. The van der Waals surface area contributed by atoms with Crippen LogP contribution >= 0.6 is 0 Å². The number of ether oxygens (including phenoxy) is 1. The summed E-state index contributed by atoms with van der Waals surface area (Å²) in [5.74, 6) is 2.04. The first kappa shape index (κ1) is 16.4. The molecule has 2 atom stereocenters. The quantitative estimate of drug-likeness (QED) is 0.634. The van der Waals surface area contributed by atoms with Crippen LogP contribution in [0.1, 0.15) is 49.4 Å². The van der Waals surface area contributed by atoms with Crippen LogP contribution in [-0.4, -0.2) is 31.1 Å². The van der Waals surface area contributed by atoms with E-state index in [1.807, 2.05) is 29.2 Å². The molecule has 3 aromatic rings. The number of fused-ring (bicyclic) bond motifs is 9. The molecule has 8 bridgehead atoms. The van der Waals surface area contributed by atoms with E-state index in [4.69, 9.17) is 4.74 Å². The molecule has 0 saturated heterocycles. The highest BCUT2D eigenvalue weighted by atomic mass is 16.5.